The van der Waals surface area contributed by atoms with Crippen LogP contribution in [-0.2, 0) is 33.2 Å². The quantitative estimate of drug-likeness (QED) is 0.0199. The molecule has 3 aliphatic heterocycles. The average Bonchev–Trinajstić information content (AvgIpc) is 0.785. The van der Waals surface area contributed by atoms with Gasteiger partial charge in [-0.1, -0.05) is 299 Å². The van der Waals surface area contributed by atoms with Gasteiger partial charge in [0.15, 0.2) is 18.9 Å². The van der Waals surface area contributed by atoms with Gasteiger partial charge in [0.2, 0.25) is 5.91 Å². The number of hydrogen-bond donors (Lipinski definition) is 12. The molecule has 3 fully saturated rings. The van der Waals surface area contributed by atoms with Gasteiger partial charge in [0.05, 0.1) is 38.6 Å². The van der Waals surface area contributed by atoms with Gasteiger partial charge in [-0.15, -0.1) is 0 Å². The Hall–Kier alpha value is -2.51. The Bertz CT molecular complexity index is 2010. The maximum atomic E-state index is 13.5. The summed E-state index contributed by atoms with van der Waals surface area (Å²) in [6.45, 7) is 1.66. The predicted molar refractivity (Wildman–Crippen MR) is 388 cm³/mol. The number of rotatable bonds is 62. The minimum atomic E-state index is -1.98. The third-order valence-electron chi connectivity index (χ3n) is 19.6. The third-order valence-corrected chi connectivity index (χ3v) is 19.6. The molecule has 0 aliphatic carbocycles. The lowest BCUT2D eigenvalue weighted by Gasteiger charge is -2.48. The van der Waals surface area contributed by atoms with Crippen LogP contribution in [0, 0.1) is 0 Å². The lowest BCUT2D eigenvalue weighted by atomic mass is 9.96. The maximum absolute atomic E-state index is 13.5. The van der Waals surface area contributed by atoms with Crippen LogP contribution in [0.25, 0.3) is 0 Å². The minimum Gasteiger partial charge on any atom is -0.394 e. The number of nitrogens with one attached hydrogen (secondary N) is 1. The van der Waals surface area contributed by atoms with E-state index in [-0.39, 0.29) is 18.9 Å². The highest BCUT2D eigenvalue weighted by molar-refractivity contribution is 5.76. The summed E-state index contributed by atoms with van der Waals surface area (Å²) in [6.07, 6.45) is 49.3. The summed E-state index contributed by atoms with van der Waals surface area (Å²) in [6, 6.07) is -0.973. The number of carbonyl (C=O) groups excluding carboxylic acids is 1. The number of aliphatic hydroxyl groups is 11. The fraction of sp³-hybridized carbons (Fsp3) is 0.861. The second-order valence-electron chi connectivity index (χ2n) is 28.1. The van der Waals surface area contributed by atoms with Crippen molar-refractivity contribution in [3.05, 3.63) is 60.8 Å². The van der Waals surface area contributed by atoms with Crippen molar-refractivity contribution in [3.8, 4) is 0 Å². The molecule has 19 heteroatoms. The van der Waals surface area contributed by atoms with E-state index in [1.165, 1.54) is 205 Å². The third kappa shape index (κ3) is 39.9. The Morgan fingerprint density at radius 1 is 0.378 bits per heavy atom. The van der Waals surface area contributed by atoms with Gasteiger partial charge in [-0.2, -0.15) is 0 Å². The molecule has 0 aromatic heterocycles. The summed E-state index contributed by atoms with van der Waals surface area (Å²) in [4.78, 5) is 13.5. The van der Waals surface area contributed by atoms with Crippen molar-refractivity contribution in [2.24, 2.45) is 0 Å². The SMILES string of the molecule is CC/C=C\C/C=C\C/C=C\C/C=C\CCCCCCCCCCCCCCCCCCCCCCCCC(=O)NC(COC1OC(CO)C(OC2OC(CO)C(OC3OC(CO)C(O)C(O)C3O)C(O)C2O)C(O)C1O)C(O)/C=C/CCCCCCCCCCCCCCCCCC. The largest absolute Gasteiger partial charge is 0.394 e. The van der Waals surface area contributed by atoms with Crippen LogP contribution in [0.3, 0.4) is 0 Å². The molecule has 1 amide bonds. The van der Waals surface area contributed by atoms with E-state index in [2.05, 4.69) is 67.8 Å². The molecule has 0 radical (unpaired) electrons. The van der Waals surface area contributed by atoms with Crippen LogP contribution >= 0.6 is 0 Å². The molecule has 17 atom stereocenters. The maximum Gasteiger partial charge on any atom is 0.220 e. The minimum absolute atomic E-state index is 0.246. The lowest BCUT2D eigenvalue weighted by molar-refractivity contribution is -0.379. The van der Waals surface area contributed by atoms with Crippen molar-refractivity contribution in [2.75, 3.05) is 26.4 Å². The van der Waals surface area contributed by atoms with Crippen molar-refractivity contribution >= 4 is 5.91 Å². The molecule has 3 heterocycles. The van der Waals surface area contributed by atoms with Crippen LogP contribution in [0.2, 0.25) is 0 Å². The molecule has 19 nitrogen and oxygen atoms in total. The summed E-state index contributed by atoms with van der Waals surface area (Å²) in [5.74, 6) is -0.271. The molecule has 572 valence electrons. The topological polar surface area (TPSA) is 307 Å². The van der Waals surface area contributed by atoms with Gasteiger partial charge in [-0.3, -0.25) is 4.79 Å². The van der Waals surface area contributed by atoms with Crippen molar-refractivity contribution in [1.82, 2.24) is 5.32 Å². The molecular weight excluding hydrogens is 1250 g/mol. The smallest absolute Gasteiger partial charge is 0.220 e. The van der Waals surface area contributed by atoms with Gasteiger partial charge in [0.1, 0.15) is 73.2 Å². The highest BCUT2D eigenvalue weighted by Crippen LogP contribution is 2.33. The molecule has 0 bridgehead atoms. The first-order valence-electron chi connectivity index (χ1n) is 39.5. The average molecular weight is 1400 g/mol. The Kier molecular flexibility index (Phi) is 54.8. The van der Waals surface area contributed by atoms with Gasteiger partial charge in [-0.25, -0.2) is 0 Å². The van der Waals surface area contributed by atoms with Crippen molar-refractivity contribution in [2.45, 2.75) is 407 Å². The number of allylic oxidation sites excluding steroid dienone is 9. The molecule has 0 saturated carbocycles. The number of amides is 1. The Labute approximate surface area is 592 Å². The first-order valence-corrected chi connectivity index (χ1v) is 39.5. The van der Waals surface area contributed by atoms with Crippen LogP contribution in [0.4, 0.5) is 0 Å². The second-order valence-corrected chi connectivity index (χ2v) is 28.1. The van der Waals surface area contributed by atoms with E-state index in [1.54, 1.807) is 6.08 Å². The Balaban J connectivity index is 1.34. The zero-order valence-corrected chi connectivity index (χ0v) is 61.0. The van der Waals surface area contributed by atoms with Gasteiger partial charge in [0, 0.05) is 6.42 Å². The van der Waals surface area contributed by atoms with Crippen LogP contribution in [0.5, 0.6) is 0 Å². The number of aliphatic hydroxyl groups excluding tert-OH is 11. The van der Waals surface area contributed by atoms with E-state index < -0.39 is 124 Å². The van der Waals surface area contributed by atoms with E-state index in [4.69, 9.17) is 28.4 Å². The molecule has 3 rings (SSSR count). The Morgan fingerprint density at radius 3 is 1.10 bits per heavy atom. The highest BCUT2D eigenvalue weighted by Gasteiger charge is 2.53. The highest BCUT2D eigenvalue weighted by atomic mass is 16.8. The second kappa shape index (κ2) is 59.8. The molecule has 3 aliphatic rings. The van der Waals surface area contributed by atoms with Crippen LogP contribution in [0.15, 0.2) is 60.8 Å². The van der Waals surface area contributed by atoms with Crippen molar-refractivity contribution in [3.63, 3.8) is 0 Å². The van der Waals surface area contributed by atoms with Crippen LogP contribution in [0.1, 0.15) is 303 Å². The van der Waals surface area contributed by atoms with E-state index >= 15 is 0 Å². The summed E-state index contributed by atoms with van der Waals surface area (Å²) < 4.78 is 34.4. The molecule has 0 aromatic rings. The van der Waals surface area contributed by atoms with Crippen molar-refractivity contribution in [1.29, 1.82) is 0 Å². The van der Waals surface area contributed by atoms with Gasteiger partial charge < -0.3 is 89.9 Å². The number of hydrogen-bond acceptors (Lipinski definition) is 18. The molecule has 0 spiro atoms. The zero-order chi connectivity index (χ0) is 71.1. The molecule has 3 saturated heterocycles. The number of unbranched alkanes of at least 4 members (excludes halogenated alkanes) is 38. The molecule has 0 aromatic carbocycles. The summed E-state index contributed by atoms with van der Waals surface area (Å²) in [7, 11) is 0. The van der Waals surface area contributed by atoms with Gasteiger partial charge >= 0.3 is 0 Å². The van der Waals surface area contributed by atoms with E-state index in [9.17, 15) is 61.0 Å². The van der Waals surface area contributed by atoms with Crippen LogP contribution in [-0.4, -0.2) is 193 Å². The standard InChI is InChI=1S/C79H143NO18/c1-3-5-7-9-11-13-15-17-19-21-23-24-25-26-27-28-29-30-31-32-33-34-35-36-37-38-39-41-43-45-47-49-51-53-55-57-67(85)80-62(63(84)56-54-52-50-48-46-44-42-40-22-20-18-16-14-12-10-8-6-4-2)61-93-77-73(91)70(88)75(65(59-82)95-77)98-79-74(92)71(89)76(66(60-83)96-79)97-78-72(90)69(87)68(86)64(58-81)94-78/h5,7,11,13,17,19,23-24,54,56,62-66,68-79,81-84,86-92H,3-4,6,8-10,12,14-16,18,20-22,25-53,55,57-61H2,1-2H3,(H,80,85)/b7-5-,13-11-,19-17-,24-23-,56-54+. The normalized spacial score (nSPS) is 27.1. The fourth-order valence-corrected chi connectivity index (χ4v) is 13.2. The zero-order valence-electron chi connectivity index (χ0n) is 61.0. The molecule has 17 unspecified atom stereocenters. The molecule has 98 heavy (non-hydrogen) atoms. The number of carbonyl (C=O) groups is 1. The monoisotopic (exact) mass is 1390 g/mol. The van der Waals surface area contributed by atoms with E-state index in [1.807, 2.05) is 6.08 Å². The van der Waals surface area contributed by atoms with Gasteiger partial charge in [-0.05, 0) is 57.8 Å². The van der Waals surface area contributed by atoms with Gasteiger partial charge in [0.25, 0.3) is 0 Å². The first kappa shape index (κ1) is 89.7. The molecular formula is C79H143NO18. The fourth-order valence-electron chi connectivity index (χ4n) is 13.2. The predicted octanol–water partition coefficient (Wildman–Crippen LogP) is 12.7. The molecule has 12 N–H and O–H groups in total. The first-order chi connectivity index (χ1) is 47.8. The summed E-state index contributed by atoms with van der Waals surface area (Å²) in [5.41, 5.74) is 0. The lowest BCUT2D eigenvalue weighted by Crippen LogP contribution is -2.66. The van der Waals surface area contributed by atoms with Crippen LogP contribution < -0.4 is 5.32 Å². The number of ether oxygens (including phenoxy) is 6. The summed E-state index contributed by atoms with van der Waals surface area (Å²) >= 11 is 0. The summed E-state index contributed by atoms with van der Waals surface area (Å²) in [5, 5.41) is 121. The van der Waals surface area contributed by atoms with Crippen molar-refractivity contribution < 1.29 is 89.4 Å². The van der Waals surface area contributed by atoms with E-state index in [0.717, 1.165) is 70.6 Å². The Morgan fingerprint density at radius 2 is 0.704 bits per heavy atom. The van der Waals surface area contributed by atoms with E-state index in [0.29, 0.717) is 6.42 Å².